The van der Waals surface area contributed by atoms with Crippen LogP contribution in [-0.2, 0) is 4.79 Å². The van der Waals surface area contributed by atoms with Gasteiger partial charge in [0, 0.05) is 12.6 Å². The van der Waals surface area contributed by atoms with Crippen molar-refractivity contribution in [1.29, 1.82) is 0 Å². The van der Waals surface area contributed by atoms with Gasteiger partial charge in [0.05, 0.1) is 6.04 Å². The Kier molecular flexibility index (Phi) is 8.37. The van der Waals surface area contributed by atoms with Crippen LogP contribution in [0.2, 0.25) is 0 Å². The fourth-order valence-electron chi connectivity index (χ4n) is 1.59. The highest BCUT2D eigenvalue weighted by Gasteiger charge is 2.17. The maximum Gasteiger partial charge on any atom is 0.321 e. The van der Waals surface area contributed by atoms with Crippen LogP contribution in [0.1, 0.15) is 47.5 Å². The molecule has 5 nitrogen and oxygen atoms in total. The van der Waals surface area contributed by atoms with Crippen molar-refractivity contribution < 1.29 is 9.59 Å². The van der Waals surface area contributed by atoms with Crippen LogP contribution in [0, 0.1) is 5.92 Å². The molecule has 0 aliphatic carbocycles. The minimum absolute atomic E-state index is 0.266. The molecule has 2 unspecified atom stereocenters. The Bertz CT molecular complexity index is 267. The van der Waals surface area contributed by atoms with Crippen molar-refractivity contribution in [1.82, 2.24) is 16.0 Å². The molecule has 2 atom stereocenters. The maximum absolute atomic E-state index is 11.7. The first-order valence-corrected chi connectivity index (χ1v) is 6.71. The van der Waals surface area contributed by atoms with E-state index in [1.807, 2.05) is 0 Å². The molecule has 3 amide bonds. The fraction of sp³-hybridized carbons (Fsp3) is 0.846. The van der Waals surface area contributed by atoms with E-state index in [-0.39, 0.29) is 18.0 Å². The van der Waals surface area contributed by atoms with Crippen LogP contribution in [0.3, 0.4) is 0 Å². The van der Waals surface area contributed by atoms with Crippen molar-refractivity contribution in [2.45, 2.75) is 59.5 Å². The number of rotatable bonds is 7. The van der Waals surface area contributed by atoms with E-state index in [0.717, 1.165) is 12.8 Å². The summed E-state index contributed by atoms with van der Waals surface area (Å²) >= 11 is 0. The van der Waals surface area contributed by atoms with Gasteiger partial charge in [-0.1, -0.05) is 13.8 Å². The zero-order valence-corrected chi connectivity index (χ0v) is 12.2. The summed E-state index contributed by atoms with van der Waals surface area (Å²) in [4.78, 5) is 22.9. The van der Waals surface area contributed by atoms with Gasteiger partial charge in [-0.15, -0.1) is 0 Å². The number of imide groups is 1. The Morgan fingerprint density at radius 2 is 1.67 bits per heavy atom. The highest BCUT2D eigenvalue weighted by atomic mass is 16.2. The Morgan fingerprint density at radius 3 is 2.17 bits per heavy atom. The zero-order valence-electron chi connectivity index (χ0n) is 12.2. The molecule has 0 aliphatic heterocycles. The van der Waals surface area contributed by atoms with Crippen LogP contribution >= 0.6 is 0 Å². The van der Waals surface area contributed by atoms with E-state index in [1.54, 1.807) is 13.8 Å². The van der Waals surface area contributed by atoms with E-state index < -0.39 is 6.03 Å². The lowest BCUT2D eigenvalue weighted by molar-refractivity contribution is -0.121. The molecule has 0 radical (unpaired) electrons. The van der Waals surface area contributed by atoms with Crippen LogP contribution in [0.5, 0.6) is 0 Å². The van der Waals surface area contributed by atoms with Crippen molar-refractivity contribution >= 4 is 11.9 Å². The van der Waals surface area contributed by atoms with Crippen molar-refractivity contribution in [3.8, 4) is 0 Å². The SMILES string of the molecule is CCNC(=O)NC(=O)C(C)NC(C)CCC(C)C. The van der Waals surface area contributed by atoms with Gasteiger partial charge < -0.3 is 10.6 Å². The second-order valence-electron chi connectivity index (χ2n) is 5.11. The Labute approximate surface area is 110 Å². The van der Waals surface area contributed by atoms with E-state index in [2.05, 4.69) is 36.7 Å². The summed E-state index contributed by atoms with van der Waals surface area (Å²) in [6.45, 7) is 10.5. The zero-order chi connectivity index (χ0) is 14.1. The lowest BCUT2D eigenvalue weighted by atomic mass is 10.0. The predicted octanol–water partition coefficient (Wildman–Crippen LogP) is 1.63. The first-order chi connectivity index (χ1) is 8.36. The third kappa shape index (κ3) is 8.06. The van der Waals surface area contributed by atoms with Gasteiger partial charge in [0.1, 0.15) is 0 Å². The number of carbonyl (C=O) groups is 2. The second-order valence-corrected chi connectivity index (χ2v) is 5.11. The van der Waals surface area contributed by atoms with E-state index in [1.165, 1.54) is 0 Å². The second kappa shape index (κ2) is 8.91. The quantitative estimate of drug-likeness (QED) is 0.649. The number of nitrogens with one attached hydrogen (secondary N) is 3. The van der Waals surface area contributed by atoms with Crippen LogP contribution in [0.4, 0.5) is 4.79 Å². The van der Waals surface area contributed by atoms with Crippen LogP contribution in [0.25, 0.3) is 0 Å². The monoisotopic (exact) mass is 257 g/mol. The third-order valence-electron chi connectivity index (χ3n) is 2.68. The van der Waals surface area contributed by atoms with Gasteiger partial charge in [0.15, 0.2) is 0 Å². The van der Waals surface area contributed by atoms with Crippen LogP contribution in [-0.4, -0.2) is 30.6 Å². The molecule has 106 valence electrons. The van der Waals surface area contributed by atoms with Gasteiger partial charge in [-0.05, 0) is 39.5 Å². The smallest absolute Gasteiger partial charge is 0.321 e. The van der Waals surface area contributed by atoms with Gasteiger partial charge in [0.2, 0.25) is 5.91 Å². The summed E-state index contributed by atoms with van der Waals surface area (Å²) in [5.74, 6) is 0.367. The largest absolute Gasteiger partial charge is 0.338 e. The molecule has 0 rings (SSSR count). The van der Waals surface area contributed by atoms with E-state index >= 15 is 0 Å². The number of hydrogen-bond acceptors (Lipinski definition) is 3. The molecule has 0 bridgehead atoms. The summed E-state index contributed by atoms with van der Waals surface area (Å²) < 4.78 is 0. The molecule has 0 aromatic carbocycles. The Balaban J connectivity index is 3.95. The van der Waals surface area contributed by atoms with Gasteiger partial charge >= 0.3 is 6.03 Å². The van der Waals surface area contributed by atoms with E-state index in [4.69, 9.17) is 0 Å². The number of urea groups is 1. The third-order valence-corrected chi connectivity index (χ3v) is 2.68. The summed E-state index contributed by atoms with van der Waals surface area (Å²) in [7, 11) is 0. The standard InChI is InChI=1S/C13H27N3O2/c1-6-14-13(18)16-12(17)11(5)15-10(4)8-7-9(2)3/h9-11,15H,6-8H2,1-5H3,(H2,14,16,17,18). The highest BCUT2D eigenvalue weighted by molar-refractivity contribution is 5.96. The molecule has 0 saturated heterocycles. The van der Waals surface area contributed by atoms with Crippen LogP contribution in [0.15, 0.2) is 0 Å². The van der Waals surface area contributed by atoms with Crippen molar-refractivity contribution in [2.24, 2.45) is 5.92 Å². The molecule has 5 heteroatoms. The molecule has 0 aromatic heterocycles. The topological polar surface area (TPSA) is 70.2 Å². The molecular formula is C13H27N3O2. The summed E-state index contributed by atoms with van der Waals surface area (Å²) in [6, 6.07) is -0.539. The molecule has 0 saturated carbocycles. The average Bonchev–Trinajstić information content (AvgIpc) is 2.26. The van der Waals surface area contributed by atoms with Crippen molar-refractivity contribution in [3.05, 3.63) is 0 Å². The Hall–Kier alpha value is -1.10. The fourth-order valence-corrected chi connectivity index (χ4v) is 1.59. The summed E-state index contributed by atoms with van der Waals surface area (Å²) in [5.41, 5.74) is 0. The number of carbonyl (C=O) groups excluding carboxylic acids is 2. The minimum Gasteiger partial charge on any atom is -0.338 e. The van der Waals surface area contributed by atoms with Gasteiger partial charge in [-0.25, -0.2) is 4.79 Å². The number of amides is 3. The summed E-state index contributed by atoms with van der Waals surface area (Å²) in [6.07, 6.45) is 2.15. The minimum atomic E-state index is -0.439. The van der Waals surface area contributed by atoms with Crippen molar-refractivity contribution in [2.75, 3.05) is 6.54 Å². The molecular weight excluding hydrogens is 230 g/mol. The first-order valence-electron chi connectivity index (χ1n) is 6.71. The maximum atomic E-state index is 11.7. The summed E-state index contributed by atoms with van der Waals surface area (Å²) in [5, 5.41) is 8.02. The van der Waals surface area contributed by atoms with Crippen LogP contribution < -0.4 is 16.0 Å². The molecule has 18 heavy (non-hydrogen) atoms. The molecule has 0 spiro atoms. The van der Waals surface area contributed by atoms with E-state index in [0.29, 0.717) is 12.5 Å². The lowest BCUT2D eigenvalue weighted by Crippen LogP contribution is -2.50. The van der Waals surface area contributed by atoms with Gasteiger partial charge in [-0.2, -0.15) is 0 Å². The highest BCUT2D eigenvalue weighted by Crippen LogP contribution is 2.06. The van der Waals surface area contributed by atoms with Gasteiger partial charge in [-0.3, -0.25) is 10.1 Å². The first kappa shape index (κ1) is 16.9. The lowest BCUT2D eigenvalue weighted by Gasteiger charge is -2.20. The number of hydrogen-bond donors (Lipinski definition) is 3. The molecule has 0 aliphatic rings. The van der Waals surface area contributed by atoms with Gasteiger partial charge in [0.25, 0.3) is 0 Å². The van der Waals surface area contributed by atoms with E-state index in [9.17, 15) is 9.59 Å². The normalized spacial score (nSPS) is 14.1. The molecule has 0 heterocycles. The average molecular weight is 257 g/mol. The van der Waals surface area contributed by atoms with Crippen molar-refractivity contribution in [3.63, 3.8) is 0 Å². The molecule has 0 aromatic rings. The molecule has 3 N–H and O–H groups in total. The Morgan fingerprint density at radius 1 is 1.06 bits per heavy atom. The predicted molar refractivity (Wildman–Crippen MR) is 73.3 cm³/mol. The molecule has 0 fully saturated rings.